The molecule has 1 unspecified atom stereocenters. The van der Waals surface area contributed by atoms with Crippen LogP contribution in [0.4, 0.5) is 34.1 Å². The second kappa shape index (κ2) is 19.0. The van der Waals surface area contributed by atoms with Crippen LogP contribution >= 0.6 is 0 Å². The molecule has 0 fully saturated rings. The van der Waals surface area contributed by atoms with Crippen LogP contribution in [0.25, 0.3) is 93.6 Å². The Hall–Kier alpha value is -11.1. The summed E-state index contributed by atoms with van der Waals surface area (Å²) in [6.45, 7) is 6.32. The van der Waals surface area contributed by atoms with Crippen molar-refractivity contribution in [1.82, 2.24) is 13.7 Å². The second-order valence-corrected chi connectivity index (χ2v) is 22.4. The molecule has 85 heavy (non-hydrogen) atoms. The number of allylic oxidation sites excluding steroid dienone is 5. The summed E-state index contributed by atoms with van der Waals surface area (Å²) in [5, 5.41) is 7.27. The number of rotatable bonds is 10. The molecule has 3 aromatic heterocycles. The van der Waals surface area contributed by atoms with Crippen molar-refractivity contribution in [2.24, 2.45) is 0 Å². The highest BCUT2D eigenvalue weighted by atomic mass is 15.2. The Labute approximate surface area is 493 Å². The minimum Gasteiger partial charge on any atom is -0.310 e. The molecule has 400 valence electrons. The zero-order valence-electron chi connectivity index (χ0n) is 46.8. The molecule has 5 nitrogen and oxygen atoms in total. The third kappa shape index (κ3) is 6.98. The number of anilines is 6. The van der Waals surface area contributed by atoms with Crippen LogP contribution < -0.4 is 9.80 Å². The van der Waals surface area contributed by atoms with Gasteiger partial charge in [-0.3, -0.25) is 0 Å². The molecule has 0 saturated heterocycles. The maximum Gasteiger partial charge on any atom is 0.0756 e. The van der Waals surface area contributed by atoms with Gasteiger partial charge in [0, 0.05) is 77.8 Å². The van der Waals surface area contributed by atoms with Gasteiger partial charge in [-0.2, -0.15) is 0 Å². The average Bonchev–Trinajstić information content (AvgIpc) is 1.56. The number of hydrogen-bond acceptors (Lipinski definition) is 2. The predicted molar refractivity (Wildman–Crippen MR) is 358 cm³/mol. The van der Waals surface area contributed by atoms with E-state index in [0.29, 0.717) is 0 Å². The second-order valence-electron chi connectivity index (χ2n) is 22.4. The first-order valence-corrected chi connectivity index (χ1v) is 29.3. The van der Waals surface area contributed by atoms with Crippen molar-refractivity contribution in [1.29, 1.82) is 0 Å². The Morgan fingerprint density at radius 2 is 0.812 bits per heavy atom. The molecule has 4 heterocycles. The summed E-state index contributed by atoms with van der Waals surface area (Å²) in [5.74, 6) is 0. The van der Waals surface area contributed by atoms with Gasteiger partial charge in [-0.15, -0.1) is 0 Å². The summed E-state index contributed by atoms with van der Waals surface area (Å²) in [7, 11) is 0. The van der Waals surface area contributed by atoms with Crippen molar-refractivity contribution in [3.8, 4) is 22.5 Å². The maximum atomic E-state index is 4.27. The van der Waals surface area contributed by atoms with E-state index in [1.807, 2.05) is 13.0 Å². The van der Waals surface area contributed by atoms with Crippen LogP contribution in [0.15, 0.2) is 310 Å². The molecule has 1 atom stereocenters. The lowest BCUT2D eigenvalue weighted by molar-refractivity contribution is 0.748. The van der Waals surface area contributed by atoms with Crippen LogP contribution in [-0.2, 0) is 5.41 Å². The molecule has 0 amide bonds. The van der Waals surface area contributed by atoms with Crippen molar-refractivity contribution < 1.29 is 0 Å². The lowest BCUT2D eigenvalue weighted by Gasteiger charge is -2.40. The highest BCUT2D eigenvalue weighted by molar-refractivity contribution is 6.15. The lowest BCUT2D eigenvalue weighted by Crippen LogP contribution is -2.33. The number of nitrogens with zero attached hydrogens (tertiary/aromatic N) is 5. The molecular weight excluding hydrogens is 1030 g/mol. The van der Waals surface area contributed by atoms with Crippen LogP contribution in [0.5, 0.6) is 0 Å². The minimum atomic E-state index is -0.757. The molecule has 12 aromatic carbocycles. The zero-order valence-corrected chi connectivity index (χ0v) is 46.8. The molecule has 1 aliphatic heterocycles. The normalized spacial score (nSPS) is 14.3. The largest absolute Gasteiger partial charge is 0.310 e. The van der Waals surface area contributed by atoms with Crippen molar-refractivity contribution in [2.75, 3.05) is 9.80 Å². The summed E-state index contributed by atoms with van der Waals surface area (Å²) in [6.07, 6.45) is 8.23. The number of hydrogen-bond donors (Lipinski definition) is 0. The predicted octanol–water partition coefficient (Wildman–Crippen LogP) is 21.2. The van der Waals surface area contributed by atoms with Gasteiger partial charge >= 0.3 is 0 Å². The fraction of sp³-hybridized carbons (Fsp3) is 0.0250. The molecule has 15 aromatic rings. The molecule has 0 saturated carbocycles. The molecule has 1 spiro atoms. The monoisotopic (exact) mass is 1090 g/mol. The van der Waals surface area contributed by atoms with E-state index in [0.717, 1.165) is 56.5 Å². The average molecular weight is 1090 g/mol. The molecule has 0 radical (unpaired) electrons. The van der Waals surface area contributed by atoms with Gasteiger partial charge in [0.05, 0.1) is 44.2 Å². The molecule has 0 N–H and O–H groups in total. The first-order chi connectivity index (χ1) is 42.1. The Morgan fingerprint density at radius 1 is 0.365 bits per heavy atom. The van der Waals surface area contributed by atoms with E-state index < -0.39 is 5.41 Å². The lowest BCUT2D eigenvalue weighted by atomic mass is 9.65. The maximum absolute atomic E-state index is 4.27. The van der Waals surface area contributed by atoms with Crippen molar-refractivity contribution in [3.05, 3.63) is 332 Å². The molecule has 2 aliphatic rings. The van der Waals surface area contributed by atoms with Crippen LogP contribution in [-0.4, -0.2) is 13.7 Å². The summed E-state index contributed by atoms with van der Waals surface area (Å²) in [5.41, 5.74) is 23.6. The Kier molecular flexibility index (Phi) is 10.8. The zero-order chi connectivity index (χ0) is 56.3. The molecule has 17 rings (SSSR count). The molecular formula is C80H55N5. The quantitative estimate of drug-likeness (QED) is 0.127. The van der Waals surface area contributed by atoms with Gasteiger partial charge < -0.3 is 23.5 Å². The Morgan fingerprint density at radius 3 is 1.44 bits per heavy atom. The van der Waals surface area contributed by atoms with Gasteiger partial charge in [0.15, 0.2) is 0 Å². The molecule has 1 aliphatic carbocycles. The van der Waals surface area contributed by atoms with Gasteiger partial charge in [0.25, 0.3) is 0 Å². The Bertz CT molecular complexity index is 5290. The SMILES string of the molecule is C=C/C(=C\C=C/C)n1c2ccccc2c2cc(N(c3ccccc3)c3ccc4c(c3)C3(c5cc(N(c6ccccc6)c6ccc7c(c6)c6ccccc6n7-c6ccccc6)ccc5-4)c4ccccc4-n4c5ccccc5c5cccc3c54)ccc21. The van der Waals surface area contributed by atoms with Gasteiger partial charge in [-0.25, -0.2) is 0 Å². The summed E-state index contributed by atoms with van der Waals surface area (Å²) >= 11 is 0. The van der Waals surface area contributed by atoms with Crippen LogP contribution in [0, 0.1) is 0 Å². The molecule has 5 heteroatoms. The Balaban J connectivity index is 0.926. The standard InChI is InChI=1S/C80H55N5/c1-3-5-24-53(4-2)83-73-37-19-16-32-64(73)67-49-57(43-47-76(67)83)81(54-25-9-6-10-26-54)59-41-45-61-62-46-42-60(82(55-27-11-7-12-28-55)58-44-48-77-68(50-58)65-33-17-20-38-74(65)84(77)56-29-13-8-14-30-56)52-72(62)80(71(61)51-59)69-35-18-22-40-78(69)85-75-39-21-15-31-63(75)66-34-23-36-70(80)79(66)85/h3-52H,2H2,1H3/b5-3-,53-24+. The van der Waals surface area contributed by atoms with Gasteiger partial charge in [-0.05, 0) is 174 Å². The number of para-hydroxylation sites is 8. The van der Waals surface area contributed by atoms with E-state index in [4.69, 9.17) is 0 Å². The third-order valence-electron chi connectivity index (χ3n) is 18.1. The fourth-order valence-corrected chi connectivity index (χ4v) is 14.7. The topological polar surface area (TPSA) is 21.3 Å². The van der Waals surface area contributed by atoms with Crippen LogP contribution in [0.1, 0.15) is 29.2 Å². The highest BCUT2D eigenvalue weighted by Crippen LogP contribution is 2.63. The molecule has 0 bridgehead atoms. The van der Waals surface area contributed by atoms with Crippen molar-refractivity contribution >= 4 is 105 Å². The summed E-state index contributed by atoms with van der Waals surface area (Å²) in [4.78, 5) is 4.91. The van der Waals surface area contributed by atoms with E-state index in [1.165, 1.54) is 93.5 Å². The summed E-state index contributed by atoms with van der Waals surface area (Å²) in [6, 6.07) is 104. The van der Waals surface area contributed by atoms with Crippen molar-refractivity contribution in [2.45, 2.75) is 12.3 Å². The first kappa shape index (κ1) is 48.6. The van der Waals surface area contributed by atoms with E-state index >= 15 is 0 Å². The van der Waals surface area contributed by atoms with Crippen LogP contribution in [0.2, 0.25) is 0 Å². The first-order valence-electron chi connectivity index (χ1n) is 29.3. The van der Waals surface area contributed by atoms with Crippen LogP contribution in [0.3, 0.4) is 0 Å². The number of fused-ring (bicyclic) bond motifs is 18. The number of aromatic nitrogens is 3. The summed E-state index contributed by atoms with van der Waals surface area (Å²) < 4.78 is 7.27. The van der Waals surface area contributed by atoms with Gasteiger partial charge in [0.2, 0.25) is 0 Å². The van der Waals surface area contributed by atoms with E-state index in [1.54, 1.807) is 0 Å². The van der Waals surface area contributed by atoms with Gasteiger partial charge in [-0.1, -0.05) is 176 Å². The van der Waals surface area contributed by atoms with E-state index in [2.05, 4.69) is 327 Å². The van der Waals surface area contributed by atoms with Crippen molar-refractivity contribution in [3.63, 3.8) is 0 Å². The highest BCUT2D eigenvalue weighted by Gasteiger charge is 2.51. The van der Waals surface area contributed by atoms with Gasteiger partial charge in [0.1, 0.15) is 0 Å². The third-order valence-corrected chi connectivity index (χ3v) is 18.1. The minimum absolute atomic E-state index is 0.757. The smallest absolute Gasteiger partial charge is 0.0756 e. The van der Waals surface area contributed by atoms with E-state index in [9.17, 15) is 0 Å². The fourth-order valence-electron chi connectivity index (χ4n) is 14.7. The van der Waals surface area contributed by atoms with E-state index in [-0.39, 0.29) is 0 Å². The number of benzene rings is 12.